The maximum Gasteiger partial charge on any atom is 0.00924 e. The number of nitrogens with zero attached hydrogens (tertiary/aromatic N) is 1. The molecule has 0 aromatic heterocycles. The highest BCUT2D eigenvalue weighted by molar-refractivity contribution is 7.80. The quantitative estimate of drug-likeness (QED) is 0.429. The Kier molecular flexibility index (Phi) is 10.1. The molecule has 0 N–H and O–H groups in total. The summed E-state index contributed by atoms with van der Waals surface area (Å²) >= 11 is 4.25. The zero-order valence-electron chi connectivity index (χ0n) is 13.2. The third-order valence-electron chi connectivity index (χ3n) is 4.78. The SMILES string of the molecule is CC1CCC(N(C)CCCCCCCCCS)CC1. The predicted octanol–water partition coefficient (Wildman–Crippen LogP) is 5.16. The Labute approximate surface area is 126 Å². The fourth-order valence-corrected chi connectivity index (χ4v) is 3.45. The molecule has 0 aromatic carbocycles. The van der Waals surface area contributed by atoms with Crippen molar-refractivity contribution >= 4 is 12.6 Å². The lowest BCUT2D eigenvalue weighted by molar-refractivity contribution is 0.167. The van der Waals surface area contributed by atoms with Gasteiger partial charge in [0.1, 0.15) is 0 Å². The van der Waals surface area contributed by atoms with Crippen LogP contribution in [0.2, 0.25) is 0 Å². The number of hydrogen-bond acceptors (Lipinski definition) is 2. The molecule has 1 aliphatic carbocycles. The molecule has 0 heterocycles. The van der Waals surface area contributed by atoms with Crippen molar-refractivity contribution in [3.05, 3.63) is 0 Å². The van der Waals surface area contributed by atoms with Crippen molar-refractivity contribution in [3.8, 4) is 0 Å². The summed E-state index contributed by atoms with van der Waals surface area (Å²) in [5.41, 5.74) is 0. The first-order chi connectivity index (χ1) is 9.24. The fraction of sp³-hybridized carbons (Fsp3) is 1.00. The Morgan fingerprint density at radius 3 is 1.95 bits per heavy atom. The predicted molar refractivity (Wildman–Crippen MR) is 90.2 cm³/mol. The average Bonchev–Trinajstić information content (AvgIpc) is 2.42. The minimum absolute atomic E-state index is 0.881. The first kappa shape index (κ1) is 17.4. The number of unbranched alkanes of at least 4 members (excludes halogenated alkanes) is 6. The molecule has 0 atom stereocenters. The summed E-state index contributed by atoms with van der Waals surface area (Å²) in [4.78, 5) is 2.63. The second kappa shape index (κ2) is 11.0. The van der Waals surface area contributed by atoms with Gasteiger partial charge in [0.2, 0.25) is 0 Å². The molecule has 1 rings (SSSR count). The van der Waals surface area contributed by atoms with Gasteiger partial charge in [0.05, 0.1) is 0 Å². The first-order valence-corrected chi connectivity index (χ1v) is 9.18. The van der Waals surface area contributed by atoms with Crippen molar-refractivity contribution in [2.24, 2.45) is 5.92 Å². The van der Waals surface area contributed by atoms with Crippen LogP contribution in [-0.4, -0.2) is 30.3 Å². The van der Waals surface area contributed by atoms with Gasteiger partial charge in [-0.1, -0.05) is 39.0 Å². The van der Waals surface area contributed by atoms with Crippen LogP contribution in [0.5, 0.6) is 0 Å². The Morgan fingerprint density at radius 2 is 1.37 bits per heavy atom. The summed E-state index contributed by atoms with van der Waals surface area (Å²) in [5.74, 6) is 2.03. The summed E-state index contributed by atoms with van der Waals surface area (Å²) in [6, 6.07) is 0.881. The highest BCUT2D eigenvalue weighted by Gasteiger charge is 2.20. The molecule has 0 bridgehead atoms. The molecule has 19 heavy (non-hydrogen) atoms. The molecular formula is C17H35NS. The fourth-order valence-electron chi connectivity index (χ4n) is 3.22. The van der Waals surface area contributed by atoms with Crippen LogP contribution < -0.4 is 0 Å². The molecular weight excluding hydrogens is 250 g/mol. The van der Waals surface area contributed by atoms with Crippen molar-refractivity contribution in [1.82, 2.24) is 4.90 Å². The molecule has 1 fully saturated rings. The maximum absolute atomic E-state index is 4.25. The number of rotatable bonds is 10. The lowest BCUT2D eigenvalue weighted by Gasteiger charge is -2.33. The van der Waals surface area contributed by atoms with Gasteiger partial charge >= 0.3 is 0 Å². The van der Waals surface area contributed by atoms with E-state index in [1.54, 1.807) is 0 Å². The summed E-state index contributed by atoms with van der Waals surface area (Å²) in [5, 5.41) is 0. The third-order valence-corrected chi connectivity index (χ3v) is 5.09. The lowest BCUT2D eigenvalue weighted by atomic mass is 9.87. The Morgan fingerprint density at radius 1 is 0.842 bits per heavy atom. The molecule has 0 amide bonds. The zero-order valence-corrected chi connectivity index (χ0v) is 14.1. The minimum atomic E-state index is 0.881. The average molecular weight is 286 g/mol. The third kappa shape index (κ3) is 8.24. The molecule has 0 unspecified atom stereocenters. The van der Waals surface area contributed by atoms with E-state index in [4.69, 9.17) is 0 Å². The minimum Gasteiger partial charge on any atom is -0.303 e. The molecule has 2 heteroatoms. The van der Waals surface area contributed by atoms with E-state index in [1.807, 2.05) is 0 Å². The van der Waals surface area contributed by atoms with Crippen LogP contribution in [0.25, 0.3) is 0 Å². The summed E-state index contributed by atoms with van der Waals surface area (Å²) < 4.78 is 0. The van der Waals surface area contributed by atoms with Gasteiger partial charge in [-0.3, -0.25) is 0 Å². The Hall–Kier alpha value is 0.310. The van der Waals surface area contributed by atoms with Gasteiger partial charge in [-0.2, -0.15) is 12.6 Å². The van der Waals surface area contributed by atoms with Gasteiger partial charge in [0.25, 0.3) is 0 Å². The Balaban J connectivity index is 1.91. The van der Waals surface area contributed by atoms with E-state index in [9.17, 15) is 0 Å². The molecule has 1 aliphatic rings. The number of hydrogen-bond donors (Lipinski definition) is 1. The van der Waals surface area contributed by atoms with Gasteiger partial charge in [0, 0.05) is 6.04 Å². The van der Waals surface area contributed by atoms with Crippen LogP contribution in [0.1, 0.15) is 77.6 Å². The standard InChI is InChI=1S/C17H35NS/c1-16-10-12-17(13-11-16)18(2)14-8-6-4-3-5-7-9-15-19/h16-17,19H,3-15H2,1-2H3. The van der Waals surface area contributed by atoms with Crippen molar-refractivity contribution in [1.29, 1.82) is 0 Å². The van der Waals surface area contributed by atoms with Gasteiger partial charge < -0.3 is 4.90 Å². The molecule has 0 aromatic rings. The van der Waals surface area contributed by atoms with Crippen LogP contribution in [0, 0.1) is 5.92 Å². The van der Waals surface area contributed by atoms with E-state index in [-0.39, 0.29) is 0 Å². The highest BCUT2D eigenvalue weighted by atomic mass is 32.1. The number of thiol groups is 1. The highest BCUT2D eigenvalue weighted by Crippen LogP contribution is 2.26. The summed E-state index contributed by atoms with van der Waals surface area (Å²) in [6.45, 7) is 3.72. The van der Waals surface area contributed by atoms with E-state index in [0.717, 1.165) is 17.7 Å². The molecule has 0 radical (unpaired) electrons. The largest absolute Gasteiger partial charge is 0.303 e. The monoisotopic (exact) mass is 285 g/mol. The van der Waals surface area contributed by atoms with Gasteiger partial charge in [-0.15, -0.1) is 0 Å². The molecule has 1 saturated carbocycles. The van der Waals surface area contributed by atoms with Crippen LogP contribution in [0.3, 0.4) is 0 Å². The van der Waals surface area contributed by atoms with E-state index in [0.29, 0.717) is 0 Å². The van der Waals surface area contributed by atoms with Crippen LogP contribution in [-0.2, 0) is 0 Å². The van der Waals surface area contributed by atoms with Crippen LogP contribution in [0.15, 0.2) is 0 Å². The molecule has 0 saturated heterocycles. The van der Waals surface area contributed by atoms with Crippen LogP contribution >= 0.6 is 12.6 Å². The smallest absolute Gasteiger partial charge is 0.00924 e. The second-order valence-electron chi connectivity index (χ2n) is 6.59. The first-order valence-electron chi connectivity index (χ1n) is 8.55. The van der Waals surface area contributed by atoms with Gasteiger partial charge in [-0.05, 0) is 63.8 Å². The zero-order chi connectivity index (χ0) is 13.9. The summed E-state index contributed by atoms with van der Waals surface area (Å²) in [7, 11) is 2.34. The van der Waals surface area contributed by atoms with Crippen LogP contribution in [0.4, 0.5) is 0 Å². The molecule has 1 nitrogen and oxygen atoms in total. The Bertz CT molecular complexity index is 199. The second-order valence-corrected chi connectivity index (χ2v) is 7.04. The molecule has 114 valence electrons. The van der Waals surface area contributed by atoms with Crippen molar-refractivity contribution in [2.75, 3.05) is 19.3 Å². The van der Waals surface area contributed by atoms with E-state index in [2.05, 4.69) is 31.5 Å². The van der Waals surface area contributed by atoms with Crippen molar-refractivity contribution in [3.63, 3.8) is 0 Å². The van der Waals surface area contributed by atoms with E-state index >= 15 is 0 Å². The summed E-state index contributed by atoms with van der Waals surface area (Å²) in [6.07, 6.45) is 15.5. The normalized spacial score (nSPS) is 24.0. The lowest BCUT2D eigenvalue weighted by Crippen LogP contribution is -2.35. The van der Waals surface area contributed by atoms with E-state index in [1.165, 1.54) is 77.2 Å². The van der Waals surface area contributed by atoms with Crippen molar-refractivity contribution in [2.45, 2.75) is 83.6 Å². The molecule has 0 spiro atoms. The van der Waals surface area contributed by atoms with Gasteiger partial charge in [0.15, 0.2) is 0 Å². The van der Waals surface area contributed by atoms with Crippen molar-refractivity contribution < 1.29 is 0 Å². The van der Waals surface area contributed by atoms with E-state index < -0.39 is 0 Å². The van der Waals surface area contributed by atoms with Gasteiger partial charge in [-0.25, -0.2) is 0 Å². The maximum atomic E-state index is 4.25. The molecule has 0 aliphatic heterocycles. The topological polar surface area (TPSA) is 3.24 Å².